The highest BCUT2D eigenvalue weighted by atomic mass is 127. The molecule has 0 radical (unpaired) electrons. The van der Waals surface area contributed by atoms with Crippen molar-refractivity contribution in [2.75, 3.05) is 25.1 Å². The van der Waals surface area contributed by atoms with Crippen LogP contribution in [0, 0.1) is 9.49 Å². The second-order valence-electron chi connectivity index (χ2n) is 4.35. The molecule has 4 nitrogen and oxygen atoms in total. The molecule has 2 N–H and O–H groups in total. The Morgan fingerprint density at radius 1 is 1.59 bits per heavy atom. The van der Waals surface area contributed by atoms with E-state index in [2.05, 4.69) is 32.9 Å². The number of hydrogen-bond acceptors (Lipinski definition) is 4. The molecule has 1 aliphatic carbocycles. The third kappa shape index (κ3) is 4.77. The number of hydrogen-bond donors (Lipinski definition) is 2. The van der Waals surface area contributed by atoms with Crippen LogP contribution in [-0.2, 0) is 4.74 Å². The number of nitrogens with one attached hydrogen (secondary N) is 1. The second kappa shape index (κ2) is 6.51. The van der Waals surface area contributed by atoms with Crippen LogP contribution in [0.25, 0.3) is 0 Å². The third-order valence-electron chi connectivity index (χ3n) is 2.62. The van der Waals surface area contributed by atoms with Gasteiger partial charge >= 0.3 is 0 Å². The summed E-state index contributed by atoms with van der Waals surface area (Å²) in [5.41, 5.74) is 0. The van der Waals surface area contributed by atoms with E-state index in [0.717, 1.165) is 21.9 Å². The highest BCUT2D eigenvalue weighted by Gasteiger charge is 2.21. The molecule has 0 aliphatic heterocycles. The van der Waals surface area contributed by atoms with Crippen molar-refractivity contribution >= 4 is 28.4 Å². The molecular formula is C12H17IN2O2. The summed E-state index contributed by atoms with van der Waals surface area (Å²) in [6.45, 7) is 1.66. The van der Waals surface area contributed by atoms with Crippen LogP contribution in [0.5, 0.6) is 0 Å². The molecule has 1 aromatic heterocycles. The van der Waals surface area contributed by atoms with Crippen LogP contribution < -0.4 is 5.32 Å². The van der Waals surface area contributed by atoms with E-state index in [-0.39, 0.29) is 0 Å². The van der Waals surface area contributed by atoms with Gasteiger partial charge in [-0.3, -0.25) is 0 Å². The molecule has 0 saturated heterocycles. The third-order valence-corrected chi connectivity index (χ3v) is 3.49. The fraction of sp³-hybridized carbons (Fsp3) is 0.583. The number of ether oxygens (including phenoxy) is 1. The first-order valence-electron chi connectivity index (χ1n) is 5.86. The summed E-state index contributed by atoms with van der Waals surface area (Å²) in [6, 6.07) is 3.87. The van der Waals surface area contributed by atoms with Crippen molar-refractivity contribution in [2.24, 2.45) is 5.92 Å². The van der Waals surface area contributed by atoms with Crippen molar-refractivity contribution in [1.82, 2.24) is 4.98 Å². The quantitative estimate of drug-likeness (QED) is 0.739. The SMILES string of the molecule is O[C@@H](CNc1ncccc1I)COCC1CC1. The Balaban J connectivity index is 1.64. The van der Waals surface area contributed by atoms with Gasteiger partial charge in [-0.15, -0.1) is 0 Å². The zero-order chi connectivity index (χ0) is 12.1. The smallest absolute Gasteiger partial charge is 0.139 e. The van der Waals surface area contributed by atoms with Gasteiger partial charge in [-0.1, -0.05) is 0 Å². The number of aliphatic hydroxyl groups excluding tert-OH is 1. The van der Waals surface area contributed by atoms with E-state index < -0.39 is 6.10 Å². The molecule has 1 aliphatic rings. The first kappa shape index (κ1) is 13.0. The highest BCUT2D eigenvalue weighted by Crippen LogP contribution is 2.28. The molecule has 1 saturated carbocycles. The second-order valence-corrected chi connectivity index (χ2v) is 5.51. The molecular weight excluding hydrogens is 331 g/mol. The Kier molecular flexibility index (Phi) is 4.99. The highest BCUT2D eigenvalue weighted by molar-refractivity contribution is 14.1. The Morgan fingerprint density at radius 3 is 3.12 bits per heavy atom. The van der Waals surface area contributed by atoms with Gasteiger partial charge in [0, 0.05) is 19.3 Å². The summed E-state index contributed by atoms with van der Waals surface area (Å²) in [7, 11) is 0. The van der Waals surface area contributed by atoms with Crippen molar-refractivity contribution in [3.63, 3.8) is 0 Å². The summed E-state index contributed by atoms with van der Waals surface area (Å²) in [5, 5.41) is 12.8. The number of nitrogens with zero attached hydrogens (tertiary/aromatic N) is 1. The number of anilines is 1. The standard InChI is InChI=1S/C12H17IN2O2/c13-11-2-1-5-14-12(11)15-6-10(16)8-17-7-9-3-4-9/h1-2,5,9-10,16H,3-4,6-8H2,(H,14,15)/t10-/m0/s1. The number of rotatable bonds is 7. The van der Waals surface area contributed by atoms with E-state index in [4.69, 9.17) is 4.74 Å². The van der Waals surface area contributed by atoms with Gasteiger partial charge in [0.25, 0.3) is 0 Å². The summed E-state index contributed by atoms with van der Waals surface area (Å²) in [6.07, 6.45) is 3.81. The lowest BCUT2D eigenvalue weighted by Gasteiger charge is -2.13. The van der Waals surface area contributed by atoms with Crippen molar-refractivity contribution in [1.29, 1.82) is 0 Å². The Hall–Kier alpha value is -0.400. The Bertz CT molecular complexity index is 358. The molecule has 5 heteroatoms. The molecule has 0 bridgehead atoms. The average Bonchev–Trinajstić information content (AvgIpc) is 3.12. The van der Waals surface area contributed by atoms with Crippen molar-refractivity contribution in [3.05, 3.63) is 21.9 Å². The van der Waals surface area contributed by atoms with Gasteiger partial charge in [0.2, 0.25) is 0 Å². The number of pyridine rings is 1. The minimum atomic E-state index is -0.480. The van der Waals surface area contributed by atoms with Gasteiger partial charge in [0.1, 0.15) is 5.82 Å². The van der Waals surface area contributed by atoms with Gasteiger partial charge in [-0.2, -0.15) is 0 Å². The minimum Gasteiger partial charge on any atom is -0.389 e. The zero-order valence-electron chi connectivity index (χ0n) is 9.60. The molecule has 2 rings (SSSR count). The van der Waals surface area contributed by atoms with E-state index in [1.54, 1.807) is 6.20 Å². The van der Waals surface area contributed by atoms with Gasteiger partial charge < -0.3 is 15.2 Å². The van der Waals surface area contributed by atoms with Gasteiger partial charge in [-0.25, -0.2) is 4.98 Å². The van der Waals surface area contributed by atoms with Crippen LogP contribution >= 0.6 is 22.6 Å². The normalized spacial score (nSPS) is 16.8. The lowest BCUT2D eigenvalue weighted by Crippen LogP contribution is -2.25. The molecule has 94 valence electrons. The maximum atomic E-state index is 9.72. The van der Waals surface area contributed by atoms with E-state index in [1.165, 1.54) is 12.8 Å². The molecule has 1 fully saturated rings. The van der Waals surface area contributed by atoms with E-state index >= 15 is 0 Å². The molecule has 0 unspecified atom stereocenters. The molecule has 0 amide bonds. The topological polar surface area (TPSA) is 54.4 Å². The maximum Gasteiger partial charge on any atom is 0.139 e. The van der Waals surface area contributed by atoms with Crippen molar-refractivity contribution in [2.45, 2.75) is 18.9 Å². The summed E-state index contributed by atoms with van der Waals surface area (Å²) in [4.78, 5) is 4.20. The molecule has 0 aromatic carbocycles. The van der Waals surface area contributed by atoms with Gasteiger partial charge in [0.05, 0.1) is 16.3 Å². The van der Waals surface area contributed by atoms with Gasteiger partial charge in [-0.05, 0) is 53.5 Å². The van der Waals surface area contributed by atoms with Crippen LogP contribution in [0.1, 0.15) is 12.8 Å². The fourth-order valence-electron chi connectivity index (χ4n) is 1.44. The fourth-order valence-corrected chi connectivity index (χ4v) is 1.98. The van der Waals surface area contributed by atoms with E-state index in [1.807, 2.05) is 12.1 Å². The zero-order valence-corrected chi connectivity index (χ0v) is 11.8. The largest absolute Gasteiger partial charge is 0.389 e. The molecule has 1 heterocycles. The Labute approximate surface area is 115 Å². The lowest BCUT2D eigenvalue weighted by molar-refractivity contribution is 0.0385. The molecule has 1 aromatic rings. The minimum absolute atomic E-state index is 0.396. The number of aromatic nitrogens is 1. The molecule has 1 atom stereocenters. The van der Waals surface area contributed by atoms with E-state index in [0.29, 0.717) is 13.2 Å². The van der Waals surface area contributed by atoms with Crippen molar-refractivity contribution < 1.29 is 9.84 Å². The van der Waals surface area contributed by atoms with Crippen LogP contribution in [0.4, 0.5) is 5.82 Å². The molecule has 17 heavy (non-hydrogen) atoms. The maximum absolute atomic E-state index is 9.72. The van der Waals surface area contributed by atoms with Crippen LogP contribution in [0.3, 0.4) is 0 Å². The summed E-state index contributed by atoms with van der Waals surface area (Å²) < 4.78 is 6.48. The van der Waals surface area contributed by atoms with Gasteiger partial charge in [0.15, 0.2) is 0 Å². The van der Waals surface area contributed by atoms with Crippen LogP contribution in [0.15, 0.2) is 18.3 Å². The Morgan fingerprint density at radius 2 is 2.41 bits per heavy atom. The lowest BCUT2D eigenvalue weighted by atomic mass is 10.3. The summed E-state index contributed by atoms with van der Waals surface area (Å²) >= 11 is 2.21. The summed E-state index contributed by atoms with van der Waals surface area (Å²) in [5.74, 6) is 1.56. The monoisotopic (exact) mass is 348 g/mol. The number of halogens is 1. The molecule has 0 spiro atoms. The van der Waals surface area contributed by atoms with E-state index in [9.17, 15) is 5.11 Å². The first-order chi connectivity index (χ1) is 8.25. The predicted molar refractivity (Wildman–Crippen MR) is 75.0 cm³/mol. The first-order valence-corrected chi connectivity index (χ1v) is 6.94. The van der Waals surface area contributed by atoms with Crippen LogP contribution in [0.2, 0.25) is 0 Å². The van der Waals surface area contributed by atoms with Crippen LogP contribution in [-0.4, -0.2) is 36.0 Å². The average molecular weight is 348 g/mol. The van der Waals surface area contributed by atoms with Crippen molar-refractivity contribution in [3.8, 4) is 0 Å². The number of aliphatic hydroxyl groups is 1. The predicted octanol–water partition coefficient (Wildman–Crippen LogP) is 1.89.